The third-order valence-corrected chi connectivity index (χ3v) is 3.24. The van der Waals surface area contributed by atoms with Gasteiger partial charge in [0.1, 0.15) is 11.6 Å². The fourth-order valence-corrected chi connectivity index (χ4v) is 2.07. The number of carbonyl (C=O) groups excluding carboxylic acids is 1. The Bertz CT molecular complexity index is 623. The zero-order valence-electron chi connectivity index (χ0n) is 9.51. The third kappa shape index (κ3) is 2.34. The second-order valence-electron chi connectivity index (χ2n) is 3.89. The van der Waals surface area contributed by atoms with E-state index >= 15 is 0 Å². The molecule has 0 fully saturated rings. The van der Waals surface area contributed by atoms with Crippen molar-refractivity contribution in [1.82, 2.24) is 0 Å². The number of ketones is 1. The number of halogens is 3. The fourth-order valence-electron chi connectivity index (χ4n) is 1.71. The molecule has 92 valence electrons. The molecule has 4 heteroatoms. The van der Waals surface area contributed by atoms with Gasteiger partial charge in [0.15, 0.2) is 5.78 Å². The lowest BCUT2D eigenvalue weighted by Crippen LogP contribution is -2.06. The predicted octanol–water partition coefficient (Wildman–Crippen LogP) is 4.27. The molecule has 0 amide bonds. The van der Waals surface area contributed by atoms with E-state index in [-0.39, 0.29) is 10.0 Å². The van der Waals surface area contributed by atoms with E-state index in [0.29, 0.717) is 11.1 Å². The molecule has 0 radical (unpaired) electrons. The highest BCUT2D eigenvalue weighted by Gasteiger charge is 2.17. The van der Waals surface area contributed by atoms with Gasteiger partial charge in [-0.25, -0.2) is 8.78 Å². The molecule has 18 heavy (non-hydrogen) atoms. The highest BCUT2D eigenvalue weighted by molar-refractivity contribution is 9.10. The largest absolute Gasteiger partial charge is 0.288 e. The Labute approximate surface area is 112 Å². The van der Waals surface area contributed by atoms with E-state index in [4.69, 9.17) is 0 Å². The van der Waals surface area contributed by atoms with Gasteiger partial charge in [-0.05, 0) is 58.7 Å². The Morgan fingerprint density at radius 3 is 2.50 bits per heavy atom. The highest BCUT2D eigenvalue weighted by atomic mass is 79.9. The van der Waals surface area contributed by atoms with Crippen LogP contribution in [0.1, 0.15) is 21.5 Å². The first-order chi connectivity index (χ1) is 8.50. The first-order valence-electron chi connectivity index (χ1n) is 5.25. The lowest BCUT2D eigenvalue weighted by molar-refractivity contribution is 0.103. The molecule has 0 spiro atoms. The molecular formula is C14H9BrF2O. The van der Waals surface area contributed by atoms with Crippen molar-refractivity contribution < 1.29 is 13.6 Å². The number of aryl methyl sites for hydroxylation is 1. The average Bonchev–Trinajstić information content (AvgIpc) is 2.32. The van der Waals surface area contributed by atoms with Gasteiger partial charge in [-0.1, -0.05) is 6.07 Å². The quantitative estimate of drug-likeness (QED) is 0.757. The minimum Gasteiger partial charge on any atom is -0.288 e. The number of hydrogen-bond donors (Lipinski definition) is 0. The molecule has 1 nitrogen and oxygen atoms in total. The van der Waals surface area contributed by atoms with Crippen LogP contribution in [0.5, 0.6) is 0 Å². The van der Waals surface area contributed by atoms with Crippen LogP contribution in [0.15, 0.2) is 40.9 Å². The summed E-state index contributed by atoms with van der Waals surface area (Å²) in [5, 5.41) is 0. The van der Waals surface area contributed by atoms with Gasteiger partial charge in [0.25, 0.3) is 0 Å². The summed E-state index contributed by atoms with van der Waals surface area (Å²) in [6.45, 7) is 1.62. The molecule has 0 bridgehead atoms. The number of benzene rings is 2. The van der Waals surface area contributed by atoms with Crippen molar-refractivity contribution in [3.63, 3.8) is 0 Å². The van der Waals surface area contributed by atoms with Crippen LogP contribution in [0, 0.1) is 18.6 Å². The van der Waals surface area contributed by atoms with Crippen LogP contribution in [0.25, 0.3) is 0 Å². The van der Waals surface area contributed by atoms with Crippen LogP contribution in [0.3, 0.4) is 0 Å². The molecule has 0 unspecified atom stereocenters. The zero-order chi connectivity index (χ0) is 13.3. The summed E-state index contributed by atoms with van der Waals surface area (Å²) in [6, 6.07) is 8.32. The van der Waals surface area contributed by atoms with Crippen molar-refractivity contribution in [1.29, 1.82) is 0 Å². The summed E-state index contributed by atoms with van der Waals surface area (Å²) in [4.78, 5) is 12.2. The summed E-state index contributed by atoms with van der Waals surface area (Å²) in [5.74, 6) is -1.48. The summed E-state index contributed by atoms with van der Waals surface area (Å²) < 4.78 is 27.0. The van der Waals surface area contributed by atoms with Crippen molar-refractivity contribution in [2.45, 2.75) is 6.92 Å². The van der Waals surface area contributed by atoms with E-state index in [1.807, 2.05) is 0 Å². The molecule has 2 aromatic carbocycles. The molecule has 0 saturated carbocycles. The number of hydrogen-bond acceptors (Lipinski definition) is 1. The monoisotopic (exact) mass is 310 g/mol. The maximum atomic E-state index is 13.8. The Morgan fingerprint density at radius 1 is 1.11 bits per heavy atom. The number of rotatable bonds is 2. The summed E-state index contributed by atoms with van der Waals surface area (Å²) >= 11 is 3.03. The Hall–Kier alpha value is -1.55. The van der Waals surface area contributed by atoms with Gasteiger partial charge in [0, 0.05) is 5.56 Å². The van der Waals surface area contributed by atoms with Gasteiger partial charge >= 0.3 is 0 Å². The first kappa shape index (κ1) is 12.9. The molecule has 2 aromatic rings. The molecule has 0 saturated heterocycles. The van der Waals surface area contributed by atoms with Crippen LogP contribution >= 0.6 is 15.9 Å². The van der Waals surface area contributed by atoms with E-state index in [0.717, 1.165) is 0 Å². The summed E-state index contributed by atoms with van der Waals surface area (Å²) in [7, 11) is 0. The van der Waals surface area contributed by atoms with Crippen molar-refractivity contribution in [2.75, 3.05) is 0 Å². The van der Waals surface area contributed by atoms with Gasteiger partial charge in [0.05, 0.1) is 10.0 Å². The third-order valence-electron chi connectivity index (χ3n) is 2.63. The van der Waals surface area contributed by atoms with E-state index in [9.17, 15) is 13.6 Å². The van der Waals surface area contributed by atoms with E-state index in [1.54, 1.807) is 13.0 Å². The maximum Gasteiger partial charge on any atom is 0.196 e. The second-order valence-corrected chi connectivity index (χ2v) is 4.74. The van der Waals surface area contributed by atoms with Gasteiger partial charge in [-0.15, -0.1) is 0 Å². The smallest absolute Gasteiger partial charge is 0.196 e. The van der Waals surface area contributed by atoms with Crippen molar-refractivity contribution in [3.05, 3.63) is 69.2 Å². The molecule has 0 N–H and O–H groups in total. The molecule has 0 aromatic heterocycles. The molecular weight excluding hydrogens is 302 g/mol. The van der Waals surface area contributed by atoms with E-state index in [2.05, 4.69) is 15.9 Å². The van der Waals surface area contributed by atoms with Crippen LogP contribution < -0.4 is 0 Å². The van der Waals surface area contributed by atoms with Crippen molar-refractivity contribution in [3.8, 4) is 0 Å². The molecule has 0 aliphatic carbocycles. The van der Waals surface area contributed by atoms with Crippen molar-refractivity contribution >= 4 is 21.7 Å². The fraction of sp³-hybridized carbons (Fsp3) is 0.0714. The molecule has 0 aliphatic rings. The zero-order valence-corrected chi connectivity index (χ0v) is 11.1. The molecule has 0 atom stereocenters. The van der Waals surface area contributed by atoms with Crippen LogP contribution in [-0.4, -0.2) is 5.78 Å². The summed E-state index contributed by atoms with van der Waals surface area (Å²) in [6.07, 6.45) is 0. The first-order valence-corrected chi connectivity index (χ1v) is 6.05. The Morgan fingerprint density at radius 2 is 1.83 bits per heavy atom. The lowest BCUT2D eigenvalue weighted by Gasteiger charge is -2.07. The van der Waals surface area contributed by atoms with E-state index in [1.165, 1.54) is 30.3 Å². The van der Waals surface area contributed by atoms with Crippen LogP contribution in [0.2, 0.25) is 0 Å². The standard InChI is InChI=1S/C14H9BrF2O/c1-8-7-9(16)5-6-10(8)14(18)11-3-2-4-12(15)13(11)17/h2-7H,1H3. The Balaban J connectivity index is 2.51. The van der Waals surface area contributed by atoms with Gasteiger partial charge in [-0.3, -0.25) is 4.79 Å². The SMILES string of the molecule is Cc1cc(F)ccc1C(=O)c1cccc(Br)c1F. The topological polar surface area (TPSA) is 17.1 Å². The minimum atomic E-state index is -0.605. The van der Waals surface area contributed by atoms with Crippen LogP contribution in [0.4, 0.5) is 8.78 Å². The second kappa shape index (κ2) is 4.98. The molecule has 2 rings (SSSR count). The Kier molecular flexibility index (Phi) is 3.57. The highest BCUT2D eigenvalue weighted by Crippen LogP contribution is 2.22. The number of carbonyl (C=O) groups is 1. The lowest BCUT2D eigenvalue weighted by atomic mass is 9.99. The normalized spacial score (nSPS) is 10.4. The van der Waals surface area contributed by atoms with Gasteiger partial charge in [-0.2, -0.15) is 0 Å². The average molecular weight is 311 g/mol. The minimum absolute atomic E-state index is 0.0286. The predicted molar refractivity (Wildman–Crippen MR) is 68.7 cm³/mol. The molecule has 0 heterocycles. The maximum absolute atomic E-state index is 13.8. The van der Waals surface area contributed by atoms with Crippen LogP contribution in [-0.2, 0) is 0 Å². The van der Waals surface area contributed by atoms with Gasteiger partial charge in [0.2, 0.25) is 0 Å². The van der Waals surface area contributed by atoms with Crippen molar-refractivity contribution in [2.24, 2.45) is 0 Å². The van der Waals surface area contributed by atoms with E-state index < -0.39 is 17.4 Å². The summed E-state index contributed by atoms with van der Waals surface area (Å²) in [5.41, 5.74) is 0.756. The van der Waals surface area contributed by atoms with Gasteiger partial charge < -0.3 is 0 Å². The molecule has 0 aliphatic heterocycles.